The van der Waals surface area contributed by atoms with Crippen molar-refractivity contribution in [1.82, 2.24) is 4.90 Å². The van der Waals surface area contributed by atoms with Gasteiger partial charge in [-0.1, -0.05) is 37.1 Å². The molecule has 2 aromatic carbocycles. The molecule has 1 aliphatic rings. The van der Waals surface area contributed by atoms with Crippen molar-refractivity contribution in [3.63, 3.8) is 0 Å². The van der Waals surface area contributed by atoms with E-state index in [1.807, 2.05) is 52.0 Å². The molecular formula is C26H30ClNO5. The summed E-state index contributed by atoms with van der Waals surface area (Å²) in [5.74, 6) is -0.809. The first-order chi connectivity index (χ1) is 15.7. The molecule has 1 atom stereocenters. The van der Waals surface area contributed by atoms with Gasteiger partial charge in [-0.2, -0.15) is 0 Å². The Morgan fingerprint density at radius 3 is 2.58 bits per heavy atom. The van der Waals surface area contributed by atoms with Gasteiger partial charge in [0.15, 0.2) is 0 Å². The average molecular weight is 472 g/mol. The number of amides is 1. The highest BCUT2D eigenvalue weighted by atomic mass is 35.5. The molecule has 1 heterocycles. The first-order valence-corrected chi connectivity index (χ1v) is 11.5. The molecule has 6 nitrogen and oxygen atoms in total. The van der Waals surface area contributed by atoms with Crippen molar-refractivity contribution >= 4 is 29.1 Å². The van der Waals surface area contributed by atoms with Crippen molar-refractivity contribution in [3.8, 4) is 11.5 Å². The van der Waals surface area contributed by atoms with Crippen molar-refractivity contribution in [3.05, 3.63) is 63.7 Å². The van der Waals surface area contributed by atoms with Crippen LogP contribution in [-0.4, -0.2) is 41.5 Å². The predicted molar refractivity (Wildman–Crippen MR) is 129 cm³/mol. The standard InChI is InChI=1S/C26H30ClNO5/c1-6-7-11-28-22(17-9-8-10-18(14-17)33-15(2)3)21(24(30)26(28)31)23(29)19-12-16(4)13-20(27)25(19)32-5/h8-10,12-15,22,29H,6-7,11H2,1-5H3/b23-21+. The molecule has 33 heavy (non-hydrogen) atoms. The SMILES string of the molecule is CCCCN1C(=O)C(=O)/C(=C(/O)c2cc(C)cc(Cl)c2OC)C1c1cccc(OC(C)C)c1. The maximum atomic E-state index is 13.2. The first kappa shape index (κ1) is 24.6. The summed E-state index contributed by atoms with van der Waals surface area (Å²) in [7, 11) is 1.44. The molecule has 1 N–H and O–H groups in total. The summed E-state index contributed by atoms with van der Waals surface area (Å²) >= 11 is 6.33. The van der Waals surface area contributed by atoms with Gasteiger partial charge < -0.3 is 19.5 Å². The van der Waals surface area contributed by atoms with Crippen LogP contribution in [0.4, 0.5) is 0 Å². The molecule has 1 unspecified atom stereocenters. The number of aliphatic hydroxyl groups is 1. The molecule has 0 bridgehead atoms. The van der Waals surface area contributed by atoms with Crippen LogP contribution in [0.2, 0.25) is 5.02 Å². The van der Waals surface area contributed by atoms with Crippen molar-refractivity contribution in [2.24, 2.45) is 0 Å². The summed E-state index contributed by atoms with van der Waals surface area (Å²) in [4.78, 5) is 27.8. The van der Waals surface area contributed by atoms with E-state index >= 15 is 0 Å². The van der Waals surface area contributed by atoms with Crippen LogP contribution in [0.25, 0.3) is 5.76 Å². The van der Waals surface area contributed by atoms with Crippen LogP contribution >= 0.6 is 11.6 Å². The van der Waals surface area contributed by atoms with E-state index in [1.165, 1.54) is 12.0 Å². The molecule has 0 saturated carbocycles. The van der Waals surface area contributed by atoms with Crippen molar-refractivity contribution in [2.75, 3.05) is 13.7 Å². The number of unbranched alkanes of at least 4 members (excludes halogenated alkanes) is 1. The van der Waals surface area contributed by atoms with Gasteiger partial charge in [0.25, 0.3) is 11.7 Å². The summed E-state index contributed by atoms with van der Waals surface area (Å²) in [5, 5.41) is 11.7. The Bertz CT molecular complexity index is 1090. The number of rotatable bonds is 8. The molecule has 0 aliphatic carbocycles. The molecule has 0 spiro atoms. The van der Waals surface area contributed by atoms with Crippen LogP contribution < -0.4 is 9.47 Å². The third-order valence-corrected chi connectivity index (χ3v) is 5.77. The van der Waals surface area contributed by atoms with Gasteiger partial charge in [-0.3, -0.25) is 9.59 Å². The van der Waals surface area contributed by atoms with Gasteiger partial charge in [0, 0.05) is 6.54 Å². The number of carbonyl (C=O) groups excluding carboxylic acids is 2. The van der Waals surface area contributed by atoms with Gasteiger partial charge in [-0.25, -0.2) is 0 Å². The number of ketones is 1. The molecular weight excluding hydrogens is 442 g/mol. The highest BCUT2D eigenvalue weighted by molar-refractivity contribution is 6.46. The third kappa shape index (κ3) is 5.01. The molecule has 1 fully saturated rings. The van der Waals surface area contributed by atoms with E-state index in [4.69, 9.17) is 21.1 Å². The Labute approximate surface area is 199 Å². The Morgan fingerprint density at radius 2 is 1.94 bits per heavy atom. The minimum absolute atomic E-state index is 0.0118. The Kier molecular flexibility index (Phi) is 7.69. The number of carbonyl (C=O) groups is 2. The van der Waals surface area contributed by atoms with Crippen LogP contribution in [0.1, 0.15) is 56.3 Å². The number of Topliss-reactive ketones (excluding diaryl/α,β-unsaturated/α-hetero) is 1. The van der Waals surface area contributed by atoms with Gasteiger partial charge in [0.05, 0.1) is 35.4 Å². The predicted octanol–water partition coefficient (Wildman–Crippen LogP) is 5.67. The maximum Gasteiger partial charge on any atom is 0.295 e. The zero-order valence-electron chi connectivity index (χ0n) is 19.6. The van der Waals surface area contributed by atoms with Gasteiger partial charge in [-0.15, -0.1) is 0 Å². The van der Waals surface area contributed by atoms with Gasteiger partial charge in [0.1, 0.15) is 17.3 Å². The summed E-state index contributed by atoms with van der Waals surface area (Å²) < 4.78 is 11.2. The van der Waals surface area contributed by atoms with Gasteiger partial charge in [0.2, 0.25) is 0 Å². The molecule has 1 aliphatic heterocycles. The summed E-state index contributed by atoms with van der Waals surface area (Å²) in [6.45, 7) is 8.08. The fraction of sp³-hybridized carbons (Fsp3) is 0.385. The van der Waals surface area contributed by atoms with Crippen LogP contribution in [0, 0.1) is 6.92 Å². The lowest BCUT2D eigenvalue weighted by Crippen LogP contribution is -2.30. The lowest BCUT2D eigenvalue weighted by Gasteiger charge is -2.26. The number of aryl methyl sites for hydroxylation is 1. The second-order valence-corrected chi connectivity index (χ2v) is 8.82. The quantitative estimate of drug-likeness (QED) is 0.305. The Balaban J connectivity index is 2.24. The average Bonchev–Trinajstić information content (AvgIpc) is 3.01. The molecule has 2 aromatic rings. The molecule has 1 amide bonds. The van der Waals surface area contributed by atoms with Gasteiger partial charge >= 0.3 is 0 Å². The molecule has 0 aromatic heterocycles. The minimum atomic E-state index is -0.753. The van der Waals surface area contributed by atoms with Crippen molar-refractivity contribution < 1.29 is 24.2 Å². The number of hydrogen-bond donors (Lipinski definition) is 1. The summed E-state index contributed by atoms with van der Waals surface area (Å²) in [5.41, 5.74) is 1.75. The van der Waals surface area contributed by atoms with E-state index in [0.29, 0.717) is 22.9 Å². The number of halogens is 1. The molecule has 7 heteroatoms. The highest BCUT2D eigenvalue weighted by Crippen LogP contribution is 2.43. The summed E-state index contributed by atoms with van der Waals surface area (Å²) in [6, 6.07) is 9.93. The van der Waals surface area contributed by atoms with E-state index in [0.717, 1.165) is 18.4 Å². The number of nitrogens with zero attached hydrogens (tertiary/aromatic N) is 1. The monoisotopic (exact) mass is 471 g/mol. The van der Waals surface area contributed by atoms with E-state index in [9.17, 15) is 14.7 Å². The largest absolute Gasteiger partial charge is 0.507 e. The zero-order chi connectivity index (χ0) is 24.3. The first-order valence-electron chi connectivity index (χ1n) is 11.1. The molecule has 3 rings (SSSR count). The molecule has 0 radical (unpaired) electrons. The zero-order valence-corrected chi connectivity index (χ0v) is 20.4. The van der Waals surface area contributed by atoms with E-state index in [-0.39, 0.29) is 28.7 Å². The van der Waals surface area contributed by atoms with Crippen LogP contribution in [0.15, 0.2) is 42.0 Å². The second kappa shape index (κ2) is 10.3. The van der Waals surface area contributed by atoms with E-state index in [1.54, 1.807) is 12.1 Å². The molecule has 1 saturated heterocycles. The van der Waals surface area contributed by atoms with Crippen molar-refractivity contribution in [1.29, 1.82) is 0 Å². The highest BCUT2D eigenvalue weighted by Gasteiger charge is 2.46. The molecule has 176 valence electrons. The van der Waals surface area contributed by atoms with E-state index < -0.39 is 17.7 Å². The van der Waals surface area contributed by atoms with Crippen LogP contribution in [0.3, 0.4) is 0 Å². The number of likely N-dealkylation sites (tertiary alicyclic amines) is 1. The number of ether oxygens (including phenoxy) is 2. The third-order valence-electron chi connectivity index (χ3n) is 5.49. The summed E-state index contributed by atoms with van der Waals surface area (Å²) in [6.07, 6.45) is 1.55. The Morgan fingerprint density at radius 1 is 1.21 bits per heavy atom. The number of benzene rings is 2. The smallest absolute Gasteiger partial charge is 0.295 e. The van der Waals surface area contributed by atoms with E-state index in [2.05, 4.69) is 0 Å². The second-order valence-electron chi connectivity index (χ2n) is 8.41. The fourth-order valence-corrected chi connectivity index (χ4v) is 4.42. The van der Waals surface area contributed by atoms with Crippen LogP contribution in [0.5, 0.6) is 11.5 Å². The minimum Gasteiger partial charge on any atom is -0.507 e. The normalized spacial score (nSPS) is 17.7. The topological polar surface area (TPSA) is 76.1 Å². The maximum absolute atomic E-state index is 13.2. The number of hydrogen-bond acceptors (Lipinski definition) is 5. The fourth-order valence-electron chi connectivity index (χ4n) is 4.07. The number of methoxy groups -OCH3 is 1. The van der Waals surface area contributed by atoms with Crippen LogP contribution in [-0.2, 0) is 9.59 Å². The lowest BCUT2D eigenvalue weighted by atomic mass is 9.94. The Hall–Kier alpha value is -2.99. The number of aliphatic hydroxyl groups excluding tert-OH is 1. The van der Waals surface area contributed by atoms with Crippen molar-refractivity contribution in [2.45, 2.75) is 52.7 Å². The lowest BCUT2D eigenvalue weighted by molar-refractivity contribution is -0.139. The van der Waals surface area contributed by atoms with Gasteiger partial charge in [-0.05, 0) is 62.6 Å².